The summed E-state index contributed by atoms with van der Waals surface area (Å²) in [5.41, 5.74) is 1.28. The molecule has 0 bridgehead atoms. The van der Waals surface area contributed by atoms with Gasteiger partial charge in [-0.1, -0.05) is 136 Å². The van der Waals surface area contributed by atoms with Crippen LogP contribution in [0.15, 0.2) is 225 Å². The SMILES string of the molecule is COc1ccccc1C(=O)c1cc(Cl)ccc1NS(=O)(=O)c1ccc([N+](=O)[O-])cc1.Cc1ccc(S(=O)(=O)Nc2ccc(Cl)cc2C(=O)c2ccccc2)cc1[N+](=O)[O-].O=C(c1ccccc1)c1cc(Cl)ccc1NS(=O)(=O)c1cccc(Br)c1. The van der Waals surface area contributed by atoms with Crippen LogP contribution in [0.25, 0.3) is 0 Å². The molecular formula is C59H43BrCl3N5O14S3. The highest BCUT2D eigenvalue weighted by atomic mass is 79.9. The highest BCUT2D eigenvalue weighted by molar-refractivity contribution is 9.10. The van der Waals surface area contributed by atoms with Crippen LogP contribution in [0.4, 0.5) is 28.4 Å². The summed E-state index contributed by atoms with van der Waals surface area (Å²) in [6.45, 7) is 1.51. The van der Waals surface area contributed by atoms with Gasteiger partial charge in [0.05, 0.1) is 54.3 Å². The van der Waals surface area contributed by atoms with Gasteiger partial charge in [0.25, 0.3) is 41.4 Å². The minimum atomic E-state index is -4.19. The summed E-state index contributed by atoms with van der Waals surface area (Å²) in [6, 6.07) is 50.5. The third-order valence-electron chi connectivity index (χ3n) is 12.0. The molecule has 9 aromatic carbocycles. The van der Waals surface area contributed by atoms with Gasteiger partial charge in [0.15, 0.2) is 17.3 Å². The van der Waals surface area contributed by atoms with Gasteiger partial charge in [0.1, 0.15) is 5.75 Å². The Bertz CT molecular complexity index is 4400. The molecule has 0 spiro atoms. The molecule has 19 nitrogen and oxygen atoms in total. The number of anilines is 3. The lowest BCUT2D eigenvalue weighted by Crippen LogP contribution is -2.16. The van der Waals surface area contributed by atoms with E-state index >= 15 is 0 Å². The molecule has 3 N–H and O–H groups in total. The molecule has 85 heavy (non-hydrogen) atoms. The maximum atomic E-state index is 13.1. The largest absolute Gasteiger partial charge is 0.496 e. The summed E-state index contributed by atoms with van der Waals surface area (Å²) in [5, 5.41) is 22.7. The van der Waals surface area contributed by atoms with Gasteiger partial charge < -0.3 is 4.74 Å². The third kappa shape index (κ3) is 16.3. The van der Waals surface area contributed by atoms with Crippen molar-refractivity contribution in [1.29, 1.82) is 0 Å². The number of carbonyl (C=O) groups excluding carboxylic acids is 3. The van der Waals surface area contributed by atoms with Crippen LogP contribution in [0.3, 0.4) is 0 Å². The van der Waals surface area contributed by atoms with Gasteiger partial charge in [0.2, 0.25) is 0 Å². The molecule has 0 fully saturated rings. The van der Waals surface area contributed by atoms with E-state index in [1.165, 1.54) is 92.9 Å². The number of benzene rings is 9. The first-order chi connectivity index (χ1) is 40.3. The quantitative estimate of drug-likeness (QED) is 0.0409. The number of hydrogen-bond acceptors (Lipinski definition) is 14. The summed E-state index contributed by atoms with van der Waals surface area (Å²) in [4.78, 5) is 58.9. The predicted molar refractivity (Wildman–Crippen MR) is 328 cm³/mol. The second-order valence-corrected chi connectivity index (χ2v) is 25.0. The lowest BCUT2D eigenvalue weighted by Gasteiger charge is -2.14. The Labute approximate surface area is 510 Å². The fourth-order valence-corrected chi connectivity index (χ4v) is 12.2. The van der Waals surface area contributed by atoms with Crippen LogP contribution in [0.2, 0.25) is 15.1 Å². The van der Waals surface area contributed by atoms with Crippen LogP contribution >= 0.6 is 50.7 Å². The maximum Gasteiger partial charge on any atom is 0.273 e. The fraction of sp³-hybridized carbons (Fsp3) is 0.0339. The molecule has 0 heterocycles. The topological polar surface area (TPSA) is 285 Å². The van der Waals surface area contributed by atoms with Crippen LogP contribution in [-0.2, 0) is 30.1 Å². The number of ketones is 3. The highest BCUT2D eigenvalue weighted by Gasteiger charge is 2.26. The van der Waals surface area contributed by atoms with Crippen LogP contribution in [-0.4, -0.2) is 59.6 Å². The average Bonchev–Trinajstić information content (AvgIpc) is 3.25. The number of rotatable bonds is 18. The van der Waals surface area contributed by atoms with E-state index in [4.69, 9.17) is 39.5 Å². The Morgan fingerprint density at radius 1 is 0.447 bits per heavy atom. The van der Waals surface area contributed by atoms with Crippen molar-refractivity contribution < 1.29 is 54.2 Å². The highest BCUT2D eigenvalue weighted by Crippen LogP contribution is 2.32. The van der Waals surface area contributed by atoms with E-state index in [0.29, 0.717) is 31.9 Å². The van der Waals surface area contributed by atoms with Crippen molar-refractivity contribution in [1.82, 2.24) is 0 Å². The van der Waals surface area contributed by atoms with Gasteiger partial charge in [0, 0.05) is 71.1 Å². The van der Waals surface area contributed by atoms with Crippen molar-refractivity contribution in [2.24, 2.45) is 0 Å². The summed E-state index contributed by atoms with van der Waals surface area (Å²) >= 11 is 21.3. The lowest BCUT2D eigenvalue weighted by molar-refractivity contribution is -0.385. The van der Waals surface area contributed by atoms with E-state index in [0.717, 1.165) is 30.3 Å². The smallest absolute Gasteiger partial charge is 0.273 e. The number of nitrogens with zero attached hydrogens (tertiary/aromatic N) is 2. The summed E-state index contributed by atoms with van der Waals surface area (Å²) in [7, 11) is -10.8. The molecule has 0 aliphatic heterocycles. The molecule has 0 radical (unpaired) electrons. The van der Waals surface area contributed by atoms with Gasteiger partial charge in [-0.3, -0.25) is 48.8 Å². The zero-order valence-corrected chi connectivity index (χ0v) is 50.3. The Balaban J connectivity index is 0.000000183. The monoisotopic (exact) mass is 1330 g/mol. The van der Waals surface area contributed by atoms with Crippen molar-refractivity contribution in [3.63, 3.8) is 0 Å². The number of hydrogen-bond donors (Lipinski definition) is 3. The number of methoxy groups -OCH3 is 1. The van der Waals surface area contributed by atoms with Crippen molar-refractivity contribution >= 4 is 127 Å². The minimum absolute atomic E-state index is 0.00802. The van der Waals surface area contributed by atoms with Crippen LogP contribution < -0.4 is 18.9 Å². The van der Waals surface area contributed by atoms with Gasteiger partial charge >= 0.3 is 0 Å². The molecule has 9 rings (SSSR count). The molecule has 0 saturated heterocycles. The van der Waals surface area contributed by atoms with Crippen molar-refractivity contribution in [3.05, 3.63) is 285 Å². The number of carbonyl (C=O) groups is 3. The first-order valence-electron chi connectivity index (χ1n) is 24.4. The Hall–Kier alpha value is -8.81. The number of nitro groups is 2. The van der Waals surface area contributed by atoms with E-state index in [1.807, 2.05) is 0 Å². The number of sulfonamides is 3. The molecule has 9 aromatic rings. The normalized spacial score (nSPS) is 11.1. The molecule has 0 aliphatic carbocycles. The number of nitrogens with one attached hydrogen (secondary N) is 3. The minimum Gasteiger partial charge on any atom is -0.496 e. The first-order valence-corrected chi connectivity index (χ1v) is 30.8. The van der Waals surface area contributed by atoms with E-state index in [9.17, 15) is 59.9 Å². The van der Waals surface area contributed by atoms with Gasteiger partial charge in [-0.25, -0.2) is 25.3 Å². The predicted octanol–water partition coefficient (Wildman–Crippen LogP) is 14.0. The summed E-state index contributed by atoms with van der Waals surface area (Å²) in [5.74, 6) is -0.899. The maximum absolute atomic E-state index is 13.1. The lowest BCUT2D eigenvalue weighted by atomic mass is 10.0. The van der Waals surface area contributed by atoms with E-state index < -0.39 is 51.5 Å². The first kappa shape index (κ1) is 63.8. The molecule has 0 saturated carbocycles. The van der Waals surface area contributed by atoms with Gasteiger partial charge in [-0.15, -0.1) is 0 Å². The fourth-order valence-electron chi connectivity index (χ4n) is 7.79. The van der Waals surface area contributed by atoms with E-state index in [1.54, 1.807) is 97.1 Å². The Kier molecular flexibility index (Phi) is 20.8. The molecule has 0 unspecified atom stereocenters. The number of ether oxygens (including phenoxy) is 1. The number of halogens is 4. The van der Waals surface area contributed by atoms with Crippen LogP contribution in [0, 0.1) is 27.2 Å². The number of para-hydroxylation sites is 1. The summed E-state index contributed by atoms with van der Waals surface area (Å²) < 4.78 is 89.5. The number of non-ortho nitro benzene ring substituents is 1. The summed E-state index contributed by atoms with van der Waals surface area (Å²) in [6.07, 6.45) is 0. The van der Waals surface area contributed by atoms with Gasteiger partial charge in [-0.2, -0.15) is 0 Å². The van der Waals surface area contributed by atoms with Crippen molar-refractivity contribution in [3.8, 4) is 5.75 Å². The molecule has 26 heteroatoms. The molecular weight excluding hydrogens is 1290 g/mol. The molecule has 0 amide bonds. The molecule has 0 aliphatic rings. The van der Waals surface area contributed by atoms with Crippen LogP contribution in [0.1, 0.15) is 53.3 Å². The molecule has 0 aromatic heterocycles. The third-order valence-corrected chi connectivity index (χ3v) is 17.3. The van der Waals surface area contributed by atoms with E-state index in [-0.39, 0.29) is 81.2 Å². The average molecular weight is 1330 g/mol. The van der Waals surface area contributed by atoms with Crippen molar-refractivity contribution in [2.45, 2.75) is 21.6 Å². The second-order valence-electron chi connectivity index (χ2n) is 17.7. The molecule has 434 valence electrons. The van der Waals surface area contributed by atoms with Crippen molar-refractivity contribution in [2.75, 3.05) is 21.3 Å². The van der Waals surface area contributed by atoms with Gasteiger partial charge in [-0.05, 0) is 110 Å². The van der Waals surface area contributed by atoms with Crippen LogP contribution in [0.5, 0.6) is 5.75 Å². The number of aryl methyl sites for hydroxylation is 1. The molecule has 0 atom stereocenters. The Morgan fingerprint density at radius 3 is 1.29 bits per heavy atom. The number of nitro benzene ring substituents is 2. The second kappa shape index (κ2) is 27.7. The zero-order chi connectivity index (χ0) is 61.8. The van der Waals surface area contributed by atoms with E-state index in [2.05, 4.69) is 30.1 Å². The zero-order valence-electron chi connectivity index (χ0n) is 44.0. The standard InChI is InChI=1S/C20H15ClN2O6S.C20H15ClN2O5S.C19H13BrClNO3S/c1-29-19-5-3-2-4-16(19)20(24)17-12-13(21)6-11-18(17)22-30(27,28)15-9-7-14(8-10-15)23(25)26;1-13-7-9-16(12-19(13)23(25)26)29(27,28)22-18-10-8-15(21)11-17(18)20(24)14-5-3-2-4-6-14;20-14-7-4-8-16(11-14)26(24,25)22-18-10-9-15(21)12-17(18)19(23)13-5-2-1-3-6-13/h2-12,22H,1H3;2-12,22H,1H3;1-12,22H. The Morgan fingerprint density at radius 2 is 0.859 bits per heavy atom.